The SMILES string of the molecule is Cc1cc(C)cc(N2C(=O)NC(=O)C(=Cc3cn(C)c4ccccc34)C2=O)c1. The molecule has 0 bridgehead atoms. The zero-order chi connectivity index (χ0) is 20.0. The number of rotatable bonds is 2. The van der Waals surface area contributed by atoms with Gasteiger partial charge >= 0.3 is 6.03 Å². The number of urea groups is 1. The quantitative estimate of drug-likeness (QED) is 0.552. The molecule has 0 unspecified atom stereocenters. The predicted molar refractivity (Wildman–Crippen MR) is 108 cm³/mol. The van der Waals surface area contributed by atoms with Gasteiger partial charge in [-0.25, -0.2) is 9.69 Å². The van der Waals surface area contributed by atoms with Crippen molar-refractivity contribution in [3.8, 4) is 0 Å². The number of imide groups is 2. The molecule has 2 aromatic carbocycles. The lowest BCUT2D eigenvalue weighted by Crippen LogP contribution is -2.54. The zero-order valence-corrected chi connectivity index (χ0v) is 15.8. The number of carbonyl (C=O) groups is 3. The fourth-order valence-electron chi connectivity index (χ4n) is 3.62. The Morgan fingerprint density at radius 1 is 0.964 bits per heavy atom. The van der Waals surface area contributed by atoms with E-state index in [0.717, 1.165) is 32.5 Å². The molecular formula is C22H19N3O3. The van der Waals surface area contributed by atoms with Gasteiger partial charge in [-0.05, 0) is 49.2 Å². The van der Waals surface area contributed by atoms with Crippen LogP contribution in [0.4, 0.5) is 10.5 Å². The molecule has 1 aromatic heterocycles. The number of aromatic nitrogens is 1. The van der Waals surface area contributed by atoms with Gasteiger partial charge in [0.1, 0.15) is 5.57 Å². The molecule has 0 spiro atoms. The van der Waals surface area contributed by atoms with Gasteiger partial charge in [-0.3, -0.25) is 14.9 Å². The third-order valence-corrected chi connectivity index (χ3v) is 4.79. The number of carbonyl (C=O) groups excluding carboxylic acids is 3. The average molecular weight is 373 g/mol. The van der Waals surface area contributed by atoms with E-state index in [4.69, 9.17) is 0 Å². The minimum absolute atomic E-state index is 0.0740. The highest BCUT2D eigenvalue weighted by Gasteiger charge is 2.37. The Morgan fingerprint density at radius 2 is 1.64 bits per heavy atom. The number of amides is 4. The van der Waals surface area contributed by atoms with Crippen molar-refractivity contribution in [1.82, 2.24) is 9.88 Å². The van der Waals surface area contributed by atoms with Crippen molar-refractivity contribution < 1.29 is 14.4 Å². The van der Waals surface area contributed by atoms with Crippen LogP contribution in [-0.4, -0.2) is 22.4 Å². The summed E-state index contributed by atoms with van der Waals surface area (Å²) >= 11 is 0. The predicted octanol–water partition coefficient (Wildman–Crippen LogP) is 3.46. The molecule has 1 aliphatic heterocycles. The second-order valence-electron chi connectivity index (χ2n) is 7.02. The summed E-state index contributed by atoms with van der Waals surface area (Å²) in [5.41, 5.74) is 3.94. The summed E-state index contributed by atoms with van der Waals surface area (Å²) in [5, 5.41) is 3.20. The Kier molecular flexibility index (Phi) is 4.11. The van der Waals surface area contributed by atoms with Crippen LogP contribution in [0.2, 0.25) is 0 Å². The van der Waals surface area contributed by atoms with Gasteiger partial charge in [-0.1, -0.05) is 24.3 Å². The fraction of sp³-hybridized carbons (Fsp3) is 0.136. The van der Waals surface area contributed by atoms with Crippen LogP contribution in [0, 0.1) is 13.8 Å². The van der Waals surface area contributed by atoms with Gasteiger partial charge < -0.3 is 4.57 Å². The number of nitrogens with zero attached hydrogens (tertiary/aromatic N) is 2. The topological polar surface area (TPSA) is 71.4 Å². The first-order valence-corrected chi connectivity index (χ1v) is 8.89. The first-order valence-electron chi connectivity index (χ1n) is 8.89. The van der Waals surface area contributed by atoms with Crippen LogP contribution in [-0.2, 0) is 16.6 Å². The smallest absolute Gasteiger partial charge is 0.335 e. The number of nitrogens with one attached hydrogen (secondary N) is 1. The van der Waals surface area contributed by atoms with Crippen molar-refractivity contribution in [2.24, 2.45) is 7.05 Å². The van der Waals surface area contributed by atoms with Crippen molar-refractivity contribution in [1.29, 1.82) is 0 Å². The fourth-order valence-corrected chi connectivity index (χ4v) is 3.62. The molecule has 140 valence electrons. The monoisotopic (exact) mass is 373 g/mol. The van der Waals surface area contributed by atoms with E-state index in [9.17, 15) is 14.4 Å². The lowest BCUT2D eigenvalue weighted by Gasteiger charge is -2.26. The highest BCUT2D eigenvalue weighted by Crippen LogP contribution is 2.27. The van der Waals surface area contributed by atoms with Crippen molar-refractivity contribution in [3.63, 3.8) is 0 Å². The average Bonchev–Trinajstić information content (AvgIpc) is 2.94. The summed E-state index contributed by atoms with van der Waals surface area (Å²) in [4.78, 5) is 38.9. The Bertz CT molecular complexity index is 1170. The van der Waals surface area contributed by atoms with Crippen molar-refractivity contribution in [3.05, 3.63) is 70.9 Å². The van der Waals surface area contributed by atoms with Crippen molar-refractivity contribution in [2.45, 2.75) is 13.8 Å². The molecule has 28 heavy (non-hydrogen) atoms. The number of anilines is 1. The number of hydrogen-bond donors (Lipinski definition) is 1. The third kappa shape index (κ3) is 2.89. The van der Waals surface area contributed by atoms with E-state index >= 15 is 0 Å². The van der Waals surface area contributed by atoms with Gasteiger partial charge in [-0.15, -0.1) is 0 Å². The number of hydrogen-bond acceptors (Lipinski definition) is 3. The summed E-state index contributed by atoms with van der Waals surface area (Å²) in [5.74, 6) is -1.32. The van der Waals surface area contributed by atoms with Crippen molar-refractivity contribution >= 4 is 40.5 Å². The summed E-state index contributed by atoms with van der Waals surface area (Å²) < 4.78 is 1.93. The summed E-state index contributed by atoms with van der Waals surface area (Å²) in [6, 6.07) is 12.4. The first kappa shape index (κ1) is 17.7. The van der Waals surface area contributed by atoms with Crippen LogP contribution >= 0.6 is 0 Å². The molecule has 4 rings (SSSR count). The van der Waals surface area contributed by atoms with Gasteiger partial charge in [0.05, 0.1) is 5.69 Å². The standard InChI is InChI=1S/C22H19N3O3/c1-13-8-14(2)10-16(9-13)25-21(27)18(20(26)23-22(25)28)11-15-12-24(3)19-7-5-4-6-17(15)19/h4-12H,1-3H3,(H,23,26,28). The second kappa shape index (κ2) is 6.49. The number of para-hydroxylation sites is 1. The summed E-state index contributed by atoms with van der Waals surface area (Å²) in [6.45, 7) is 3.78. The summed E-state index contributed by atoms with van der Waals surface area (Å²) in [6.07, 6.45) is 3.40. The van der Waals surface area contributed by atoms with Gasteiger partial charge in [0, 0.05) is 29.7 Å². The van der Waals surface area contributed by atoms with Gasteiger partial charge in [0.2, 0.25) is 0 Å². The number of fused-ring (bicyclic) bond motifs is 1. The second-order valence-corrected chi connectivity index (χ2v) is 7.02. The molecule has 1 aliphatic rings. The van der Waals surface area contributed by atoms with E-state index < -0.39 is 17.8 Å². The van der Waals surface area contributed by atoms with Crippen LogP contribution in [0.5, 0.6) is 0 Å². The maximum absolute atomic E-state index is 13.1. The minimum Gasteiger partial charge on any atom is -0.350 e. The molecule has 0 aliphatic carbocycles. The number of aryl methyl sites for hydroxylation is 3. The van der Waals surface area contributed by atoms with Crippen LogP contribution < -0.4 is 10.2 Å². The molecule has 0 radical (unpaired) electrons. The van der Waals surface area contributed by atoms with Crippen LogP contribution in [0.3, 0.4) is 0 Å². The van der Waals surface area contributed by atoms with E-state index in [2.05, 4.69) is 5.32 Å². The highest BCUT2D eigenvalue weighted by molar-refractivity contribution is 6.39. The van der Waals surface area contributed by atoms with E-state index in [0.29, 0.717) is 5.69 Å². The van der Waals surface area contributed by atoms with E-state index in [-0.39, 0.29) is 5.57 Å². The molecule has 6 heteroatoms. The zero-order valence-electron chi connectivity index (χ0n) is 15.8. The lowest BCUT2D eigenvalue weighted by atomic mass is 10.0. The van der Waals surface area contributed by atoms with Gasteiger partial charge in [-0.2, -0.15) is 0 Å². The Balaban J connectivity index is 1.82. The Morgan fingerprint density at radius 3 is 2.36 bits per heavy atom. The molecule has 4 amide bonds. The summed E-state index contributed by atoms with van der Waals surface area (Å²) in [7, 11) is 1.90. The first-order chi connectivity index (χ1) is 13.3. The molecule has 0 saturated carbocycles. The molecule has 1 fully saturated rings. The van der Waals surface area contributed by atoms with E-state index in [1.54, 1.807) is 18.2 Å². The minimum atomic E-state index is -0.741. The number of benzene rings is 2. The van der Waals surface area contributed by atoms with E-state index in [1.165, 1.54) is 0 Å². The molecule has 2 heterocycles. The molecule has 3 aromatic rings. The van der Waals surface area contributed by atoms with Gasteiger partial charge in [0.15, 0.2) is 0 Å². The Hall–Kier alpha value is -3.67. The molecule has 0 atom stereocenters. The lowest BCUT2D eigenvalue weighted by molar-refractivity contribution is -0.122. The molecule has 1 N–H and O–H groups in total. The normalized spacial score (nSPS) is 16.2. The molecule has 1 saturated heterocycles. The molecule has 6 nitrogen and oxygen atoms in total. The Labute approximate surface area is 162 Å². The highest BCUT2D eigenvalue weighted by atomic mass is 16.2. The van der Waals surface area contributed by atoms with E-state index in [1.807, 2.05) is 62.0 Å². The third-order valence-electron chi connectivity index (χ3n) is 4.79. The number of barbiturate groups is 1. The van der Waals surface area contributed by atoms with Gasteiger partial charge in [0.25, 0.3) is 11.8 Å². The largest absolute Gasteiger partial charge is 0.350 e. The maximum Gasteiger partial charge on any atom is 0.335 e. The van der Waals surface area contributed by atoms with Crippen molar-refractivity contribution in [2.75, 3.05) is 4.90 Å². The molecular weight excluding hydrogens is 354 g/mol. The van der Waals surface area contributed by atoms with Crippen LogP contribution in [0.25, 0.3) is 17.0 Å². The maximum atomic E-state index is 13.1. The van der Waals surface area contributed by atoms with Crippen LogP contribution in [0.15, 0.2) is 54.2 Å². The van der Waals surface area contributed by atoms with Crippen LogP contribution in [0.1, 0.15) is 16.7 Å².